The van der Waals surface area contributed by atoms with Crippen molar-refractivity contribution >= 4 is 36.9 Å². The number of hydrogen-bond acceptors (Lipinski definition) is 3. The van der Waals surface area contributed by atoms with Gasteiger partial charge in [-0.1, -0.05) is 39.0 Å². The quantitative estimate of drug-likeness (QED) is 0.221. The predicted octanol–water partition coefficient (Wildman–Crippen LogP) is 5.17. The van der Waals surface area contributed by atoms with Gasteiger partial charge in [0.2, 0.25) is 0 Å². The van der Waals surface area contributed by atoms with Crippen LogP contribution in [0.15, 0.2) is 12.2 Å². The second-order valence-corrected chi connectivity index (χ2v) is 8.17. The summed E-state index contributed by atoms with van der Waals surface area (Å²) in [6, 6.07) is 0. The average molecular weight is 379 g/mol. The third kappa shape index (κ3) is 28.6. The van der Waals surface area contributed by atoms with E-state index in [4.69, 9.17) is 10.2 Å². The molecule has 5 heteroatoms. The van der Waals surface area contributed by atoms with Crippen LogP contribution >= 0.6 is 0 Å². The number of allylic oxidation sites excluding steroid dienone is 2. The Morgan fingerprint density at radius 1 is 0.846 bits per heavy atom. The molecular weight excluding hydrogens is 339 g/mol. The molecule has 0 aliphatic rings. The van der Waals surface area contributed by atoms with E-state index in [1.54, 1.807) is 0 Å². The van der Waals surface area contributed by atoms with Gasteiger partial charge in [0.05, 0.1) is 0 Å². The molecule has 148 valence electrons. The third-order valence-electron chi connectivity index (χ3n) is 4.15. The van der Waals surface area contributed by atoms with Crippen molar-refractivity contribution in [1.82, 2.24) is 0 Å². The summed E-state index contributed by atoms with van der Waals surface area (Å²) in [6.07, 6.45) is 21.6. The first kappa shape index (κ1) is 28.1. The second kappa shape index (κ2) is 22.9. The molecule has 4 nitrogen and oxygen atoms in total. The van der Waals surface area contributed by atoms with Gasteiger partial charge in [-0.05, 0) is 6.92 Å². The van der Waals surface area contributed by atoms with Gasteiger partial charge in [-0.3, -0.25) is 0 Å². The normalized spacial score (nSPS) is 11.9. The van der Waals surface area contributed by atoms with Crippen LogP contribution in [-0.2, 0) is 9.59 Å². The van der Waals surface area contributed by atoms with Gasteiger partial charge in [0, 0.05) is 0 Å². The fourth-order valence-electron chi connectivity index (χ4n) is 2.44. The van der Waals surface area contributed by atoms with Gasteiger partial charge >= 0.3 is 112 Å². The molecule has 1 atom stereocenters. The molecule has 0 aliphatic carbocycles. The zero-order valence-corrected chi connectivity index (χ0v) is 19.3. The summed E-state index contributed by atoms with van der Waals surface area (Å²) in [5, 5.41) is 15.8. The molecule has 2 N–H and O–H groups in total. The van der Waals surface area contributed by atoms with Crippen LogP contribution in [0.1, 0.15) is 104 Å². The molecule has 0 aromatic rings. The zero-order chi connectivity index (χ0) is 20.0. The Bertz CT molecular complexity index is 354. The molecule has 0 amide bonds. The third-order valence-corrected chi connectivity index (χ3v) is 4.65. The minimum atomic E-state index is -1.23. The van der Waals surface area contributed by atoms with Crippen LogP contribution in [0.5, 0.6) is 0 Å². The van der Waals surface area contributed by atoms with E-state index < -0.39 is 12.1 Å². The fraction of sp³-hybridized carbons (Fsp3) is 0.810. The van der Waals surface area contributed by atoms with Gasteiger partial charge in [0.15, 0.2) is 0 Å². The van der Waals surface area contributed by atoms with Crippen molar-refractivity contribution < 1.29 is 19.8 Å². The summed E-state index contributed by atoms with van der Waals surface area (Å²) in [5.41, 5.74) is 0. The Labute approximate surface area is 178 Å². The predicted molar refractivity (Wildman–Crippen MR) is 110 cm³/mol. The molecule has 0 heterocycles. The number of aliphatic hydroxyl groups excluding tert-OH is 1. The summed E-state index contributed by atoms with van der Waals surface area (Å²) in [5.74, 6) is -1.19. The Morgan fingerprint density at radius 3 is 1.62 bits per heavy atom. The van der Waals surface area contributed by atoms with Crippen LogP contribution in [0.2, 0.25) is 0 Å². The number of carboxylic acids is 1. The van der Waals surface area contributed by atoms with Gasteiger partial charge in [0.1, 0.15) is 6.10 Å². The number of hydrogen-bond donors (Lipinski definition) is 2. The van der Waals surface area contributed by atoms with Gasteiger partial charge in [-0.25, -0.2) is 4.79 Å². The first-order valence-corrected chi connectivity index (χ1v) is 11.5. The monoisotopic (exact) mass is 378 g/mol. The Kier molecular flexibility index (Phi) is 24.7. The summed E-state index contributed by atoms with van der Waals surface area (Å²) in [6.45, 7) is 3.47. The van der Waals surface area contributed by atoms with E-state index in [9.17, 15) is 9.59 Å². The molecule has 0 saturated carbocycles. The maximum absolute atomic E-state index is 10.8. The number of carbonyl (C=O) groups is 2. The second-order valence-electron chi connectivity index (χ2n) is 7.05. The van der Waals surface area contributed by atoms with Crippen LogP contribution in [0.3, 0.4) is 0 Å². The number of aliphatic hydroxyl groups is 1. The SMILES string of the molecule is CC(O)C(=O)O.CCCCCCCC/C=C\CCCCCCC[C](=O)[Na]. The van der Waals surface area contributed by atoms with E-state index in [0.29, 0.717) is 3.03 Å². The Balaban J connectivity index is 0. The van der Waals surface area contributed by atoms with E-state index >= 15 is 0 Å². The molecule has 0 radical (unpaired) electrons. The van der Waals surface area contributed by atoms with Crippen molar-refractivity contribution in [3.8, 4) is 0 Å². The molecule has 0 aromatic carbocycles. The topological polar surface area (TPSA) is 74.6 Å². The first-order chi connectivity index (χ1) is 12.4. The number of carbonyl (C=O) groups excluding carboxylic acids is 1. The summed E-state index contributed by atoms with van der Waals surface area (Å²) < 4.78 is 0.475. The molecular formula is C21H39NaO4. The Hall–Kier alpha value is -0.160. The van der Waals surface area contributed by atoms with Crippen LogP contribution < -0.4 is 0 Å². The zero-order valence-electron chi connectivity index (χ0n) is 17.3. The van der Waals surface area contributed by atoms with Crippen molar-refractivity contribution in [2.75, 3.05) is 0 Å². The van der Waals surface area contributed by atoms with Crippen molar-refractivity contribution in [3.63, 3.8) is 0 Å². The fourth-order valence-corrected chi connectivity index (χ4v) is 2.80. The molecule has 1 unspecified atom stereocenters. The van der Waals surface area contributed by atoms with Gasteiger partial charge in [0.25, 0.3) is 0 Å². The molecule has 26 heavy (non-hydrogen) atoms. The maximum atomic E-state index is 10.8. The van der Waals surface area contributed by atoms with Crippen LogP contribution in [0.4, 0.5) is 0 Å². The Morgan fingerprint density at radius 2 is 1.23 bits per heavy atom. The summed E-state index contributed by atoms with van der Waals surface area (Å²) in [4.78, 5) is 20.3. The van der Waals surface area contributed by atoms with Gasteiger partial charge < -0.3 is 10.2 Å². The molecule has 0 rings (SSSR count). The molecule has 0 aliphatic heterocycles. The van der Waals surface area contributed by atoms with Crippen LogP contribution in [0, 0.1) is 0 Å². The summed E-state index contributed by atoms with van der Waals surface area (Å²) in [7, 11) is 0. The van der Waals surface area contributed by atoms with E-state index in [1.807, 2.05) is 0 Å². The number of aliphatic carboxylic acids is 1. The molecule has 0 saturated heterocycles. The van der Waals surface area contributed by atoms with Gasteiger partial charge in [-0.2, -0.15) is 0 Å². The number of unbranched alkanes of at least 4 members (excludes halogenated alkanes) is 11. The summed E-state index contributed by atoms with van der Waals surface area (Å²) >= 11 is 0.742. The van der Waals surface area contributed by atoms with Crippen molar-refractivity contribution in [2.45, 2.75) is 110 Å². The van der Waals surface area contributed by atoms with Crippen molar-refractivity contribution in [2.24, 2.45) is 0 Å². The number of carboxylic acid groups (broad SMARTS) is 1. The van der Waals surface area contributed by atoms with E-state index in [1.165, 1.54) is 84.0 Å². The van der Waals surface area contributed by atoms with Crippen molar-refractivity contribution in [3.05, 3.63) is 12.2 Å². The van der Waals surface area contributed by atoms with E-state index in [-0.39, 0.29) is 0 Å². The van der Waals surface area contributed by atoms with Crippen molar-refractivity contribution in [1.29, 1.82) is 0 Å². The minimum absolute atomic E-state index is 0.475. The van der Waals surface area contributed by atoms with Crippen LogP contribution in [0.25, 0.3) is 0 Å². The van der Waals surface area contributed by atoms with E-state index in [2.05, 4.69) is 19.1 Å². The first-order valence-electron chi connectivity index (χ1n) is 10.5. The average Bonchev–Trinajstić information content (AvgIpc) is 2.58. The van der Waals surface area contributed by atoms with E-state index in [0.717, 1.165) is 40.8 Å². The molecule has 0 spiro atoms. The molecule has 0 bridgehead atoms. The number of rotatable bonds is 16. The standard InChI is InChI=1S/C18H33O.C3H6O3.Na/c1-2-3-4-5-6-7-8-9-10-11-12-13-14-15-16-17-18-19;1-2(4)3(5)6;/h9-10H,2-8,11-17H2,1H3;2,4H,1H3,(H,5,6);/b10-9-;;. The van der Waals surface area contributed by atoms with Gasteiger partial charge in [-0.15, -0.1) is 0 Å². The molecule has 0 fully saturated rings. The van der Waals surface area contributed by atoms with Crippen LogP contribution in [-0.4, -0.2) is 53.2 Å². The molecule has 0 aromatic heterocycles.